The predicted octanol–water partition coefficient (Wildman–Crippen LogP) is 2.92. The number of nitrogens with two attached hydrogens (primary N) is 1. The molecule has 28 heavy (non-hydrogen) atoms. The van der Waals surface area contributed by atoms with E-state index in [4.69, 9.17) is 10.5 Å². The molecular formula is C18H21F3N6O. The van der Waals surface area contributed by atoms with Gasteiger partial charge in [-0.25, -0.2) is 27.7 Å². The lowest BCUT2D eigenvalue weighted by Gasteiger charge is -2.20. The number of alkyl halides is 3. The molecule has 3 aromatic heterocycles. The maximum Gasteiger partial charge on any atom is 0.272 e. The molecule has 3 heterocycles. The molecule has 0 fully saturated rings. The van der Waals surface area contributed by atoms with E-state index in [1.807, 2.05) is 6.92 Å². The number of rotatable bonds is 9. The van der Waals surface area contributed by atoms with Crippen molar-refractivity contribution in [3.05, 3.63) is 36.7 Å². The number of nitrogens with one attached hydrogen (secondary N) is 1. The number of imidazole rings is 1. The number of fused-ring (bicyclic) bond motifs is 1. The molecule has 0 bridgehead atoms. The second kappa shape index (κ2) is 8.87. The van der Waals surface area contributed by atoms with E-state index in [0.29, 0.717) is 29.3 Å². The van der Waals surface area contributed by atoms with Gasteiger partial charge in [-0.05, 0) is 18.6 Å². The molecule has 0 saturated heterocycles. The maximum absolute atomic E-state index is 13.9. The summed E-state index contributed by atoms with van der Waals surface area (Å²) in [5, 5.41) is 7.25. The van der Waals surface area contributed by atoms with E-state index < -0.39 is 25.2 Å². The van der Waals surface area contributed by atoms with Gasteiger partial charge in [-0.15, -0.1) is 0 Å². The molecular weight excluding hydrogens is 373 g/mol. The largest absolute Gasteiger partial charge is 0.486 e. The van der Waals surface area contributed by atoms with Crippen molar-refractivity contribution < 1.29 is 17.9 Å². The minimum atomic E-state index is -2.57. The molecule has 2 atom stereocenters. The number of anilines is 1. The molecule has 7 nitrogen and oxygen atoms in total. The van der Waals surface area contributed by atoms with Crippen molar-refractivity contribution in [3.63, 3.8) is 0 Å². The average molecular weight is 394 g/mol. The molecule has 0 aliphatic carbocycles. The lowest BCUT2D eigenvalue weighted by molar-refractivity contribution is 0.0817. The van der Waals surface area contributed by atoms with Crippen molar-refractivity contribution in [2.24, 2.45) is 5.73 Å². The normalized spacial score (nSPS) is 13.6. The van der Waals surface area contributed by atoms with E-state index in [0.717, 1.165) is 0 Å². The van der Waals surface area contributed by atoms with Crippen LogP contribution < -0.4 is 15.8 Å². The highest BCUT2D eigenvalue weighted by molar-refractivity contribution is 5.61. The first-order valence-corrected chi connectivity index (χ1v) is 8.84. The Balaban J connectivity index is 1.84. The number of aromatic nitrogens is 4. The Morgan fingerprint density at radius 3 is 2.79 bits per heavy atom. The standard InChI is InChI=1S/C18H21F3N6O/c1-2-13(12(19)7-22)25-17-5-3-4-14(26-17)15-9-23-18-6-11(8-24-27(15)18)28-10-16(20)21/h3-6,8-9,12-13,16H,2,7,10,22H2,1H3,(H,25,26)/t12-,13-/m0/s1. The molecule has 0 spiro atoms. The van der Waals surface area contributed by atoms with E-state index in [-0.39, 0.29) is 12.3 Å². The fourth-order valence-electron chi connectivity index (χ4n) is 2.73. The van der Waals surface area contributed by atoms with Crippen LogP contribution in [0.25, 0.3) is 17.0 Å². The van der Waals surface area contributed by atoms with Crippen molar-refractivity contribution >= 4 is 11.5 Å². The highest BCUT2D eigenvalue weighted by Gasteiger charge is 2.18. The van der Waals surface area contributed by atoms with Gasteiger partial charge in [-0.2, -0.15) is 5.10 Å². The predicted molar refractivity (Wildman–Crippen MR) is 99.4 cm³/mol. The summed E-state index contributed by atoms with van der Waals surface area (Å²) >= 11 is 0. The molecule has 0 saturated carbocycles. The highest BCUT2D eigenvalue weighted by atomic mass is 19.3. The number of hydrogen-bond acceptors (Lipinski definition) is 6. The Hall–Kier alpha value is -2.88. The van der Waals surface area contributed by atoms with E-state index in [2.05, 4.69) is 20.4 Å². The Morgan fingerprint density at radius 2 is 2.07 bits per heavy atom. The maximum atomic E-state index is 13.9. The summed E-state index contributed by atoms with van der Waals surface area (Å²) in [5.74, 6) is 0.710. The van der Waals surface area contributed by atoms with Crippen molar-refractivity contribution in [3.8, 4) is 17.1 Å². The molecule has 0 aliphatic heterocycles. The van der Waals surface area contributed by atoms with E-state index >= 15 is 0 Å². The van der Waals surface area contributed by atoms with Crippen molar-refractivity contribution in [2.45, 2.75) is 32.0 Å². The highest BCUT2D eigenvalue weighted by Crippen LogP contribution is 2.22. The fourth-order valence-corrected chi connectivity index (χ4v) is 2.73. The van der Waals surface area contributed by atoms with Crippen LogP contribution in [-0.4, -0.2) is 51.4 Å². The Morgan fingerprint density at radius 1 is 1.25 bits per heavy atom. The minimum absolute atomic E-state index is 0.0711. The molecule has 0 amide bonds. The monoisotopic (exact) mass is 394 g/mol. The van der Waals surface area contributed by atoms with Crippen LogP contribution in [0.2, 0.25) is 0 Å². The van der Waals surface area contributed by atoms with Gasteiger partial charge in [-0.1, -0.05) is 13.0 Å². The summed E-state index contributed by atoms with van der Waals surface area (Å²) < 4.78 is 45.0. The Labute approximate surface area is 159 Å². The van der Waals surface area contributed by atoms with Crippen molar-refractivity contribution in [1.29, 1.82) is 0 Å². The summed E-state index contributed by atoms with van der Waals surface area (Å²) in [6, 6.07) is 6.37. The van der Waals surface area contributed by atoms with E-state index in [1.165, 1.54) is 16.8 Å². The van der Waals surface area contributed by atoms with Crippen molar-refractivity contribution in [2.75, 3.05) is 18.5 Å². The van der Waals surface area contributed by atoms with Crippen LogP contribution in [0.4, 0.5) is 19.0 Å². The zero-order valence-corrected chi connectivity index (χ0v) is 15.2. The summed E-state index contributed by atoms with van der Waals surface area (Å²) in [5.41, 5.74) is 7.02. The first-order chi connectivity index (χ1) is 13.5. The summed E-state index contributed by atoms with van der Waals surface area (Å²) in [7, 11) is 0. The SMILES string of the molecule is CC[C@H](Nc1cccc(-c2cnc3cc(OCC(F)F)cnn23)n1)[C@@H](F)CN. The molecule has 0 aliphatic rings. The lowest BCUT2D eigenvalue weighted by Crippen LogP contribution is -2.35. The Kier molecular flexibility index (Phi) is 6.30. The number of hydrogen-bond donors (Lipinski definition) is 2. The third-order valence-electron chi connectivity index (χ3n) is 4.16. The second-order valence-electron chi connectivity index (χ2n) is 6.13. The van der Waals surface area contributed by atoms with Gasteiger partial charge >= 0.3 is 0 Å². The van der Waals surface area contributed by atoms with Gasteiger partial charge < -0.3 is 15.8 Å². The number of ether oxygens (including phenoxy) is 1. The molecule has 3 N–H and O–H groups in total. The zero-order valence-electron chi connectivity index (χ0n) is 15.2. The van der Waals surface area contributed by atoms with Crippen LogP contribution in [0.1, 0.15) is 13.3 Å². The van der Waals surface area contributed by atoms with E-state index in [9.17, 15) is 13.2 Å². The van der Waals surface area contributed by atoms with Crippen molar-refractivity contribution in [1.82, 2.24) is 19.6 Å². The first kappa shape index (κ1) is 19.9. The molecule has 10 heteroatoms. The van der Waals surface area contributed by atoms with Gasteiger partial charge in [-0.3, -0.25) is 0 Å². The third kappa shape index (κ3) is 4.50. The van der Waals surface area contributed by atoms with E-state index in [1.54, 1.807) is 24.4 Å². The number of halogens is 3. The number of pyridine rings is 1. The van der Waals surface area contributed by atoms with Crippen LogP contribution in [0.5, 0.6) is 5.75 Å². The van der Waals surface area contributed by atoms with Gasteiger partial charge in [0.2, 0.25) is 0 Å². The molecule has 0 radical (unpaired) electrons. The minimum Gasteiger partial charge on any atom is -0.486 e. The topological polar surface area (TPSA) is 90.4 Å². The van der Waals surface area contributed by atoms with Gasteiger partial charge in [0.25, 0.3) is 6.43 Å². The zero-order chi connectivity index (χ0) is 20.1. The second-order valence-corrected chi connectivity index (χ2v) is 6.13. The van der Waals surface area contributed by atoms with Crippen LogP contribution >= 0.6 is 0 Å². The average Bonchev–Trinajstić information content (AvgIpc) is 3.13. The first-order valence-electron chi connectivity index (χ1n) is 8.84. The van der Waals surface area contributed by atoms with Gasteiger partial charge in [0.15, 0.2) is 5.65 Å². The smallest absolute Gasteiger partial charge is 0.272 e. The molecule has 3 aromatic rings. The van der Waals surface area contributed by atoms with Gasteiger partial charge in [0.1, 0.15) is 30.0 Å². The molecule has 3 rings (SSSR count). The fraction of sp³-hybridized carbons (Fsp3) is 0.389. The molecule has 150 valence electrons. The molecule has 0 unspecified atom stereocenters. The number of nitrogens with zero attached hydrogens (tertiary/aromatic N) is 4. The quantitative estimate of drug-likeness (QED) is 0.580. The van der Waals surface area contributed by atoms with Crippen LogP contribution in [-0.2, 0) is 0 Å². The van der Waals surface area contributed by atoms with Crippen LogP contribution in [0.3, 0.4) is 0 Å². The molecule has 0 aromatic carbocycles. The van der Waals surface area contributed by atoms with Crippen LogP contribution in [0, 0.1) is 0 Å². The summed E-state index contributed by atoms with van der Waals surface area (Å²) in [6.45, 7) is 1.09. The van der Waals surface area contributed by atoms with Crippen LogP contribution in [0.15, 0.2) is 36.7 Å². The summed E-state index contributed by atoms with van der Waals surface area (Å²) in [6.07, 6.45) is -0.283. The summed E-state index contributed by atoms with van der Waals surface area (Å²) in [4.78, 5) is 8.73. The van der Waals surface area contributed by atoms with Gasteiger partial charge in [0.05, 0.1) is 24.1 Å². The third-order valence-corrected chi connectivity index (χ3v) is 4.16. The lowest BCUT2D eigenvalue weighted by atomic mass is 10.1. The Bertz CT molecular complexity index is 919. The van der Waals surface area contributed by atoms with Gasteiger partial charge in [0, 0.05) is 12.6 Å².